The van der Waals surface area contributed by atoms with Gasteiger partial charge in [-0.15, -0.1) is 0 Å². The highest BCUT2D eigenvalue weighted by Crippen LogP contribution is 1.98. The van der Waals surface area contributed by atoms with Crippen LogP contribution in [-0.2, 0) is 19.2 Å². The number of pyridine rings is 2. The lowest BCUT2D eigenvalue weighted by Crippen LogP contribution is -2.06. The van der Waals surface area contributed by atoms with E-state index < -0.39 is 11.9 Å². The number of nitrogens with one attached hydrogen (secondary N) is 2. The molecule has 0 atom stereocenters. The minimum absolute atomic E-state index is 0.0632. The van der Waals surface area contributed by atoms with Crippen LogP contribution in [0.5, 0.6) is 0 Å². The van der Waals surface area contributed by atoms with Crippen molar-refractivity contribution in [3.8, 4) is 0 Å². The smallest absolute Gasteiger partial charge is 0.303 e. The highest BCUT2D eigenvalue weighted by molar-refractivity contribution is 5.87. The maximum atomic E-state index is 10.5. The van der Waals surface area contributed by atoms with Gasteiger partial charge in [0.05, 0.1) is 0 Å². The Bertz CT molecular complexity index is 703. The molecule has 2 rings (SSSR count). The Kier molecular flexibility index (Phi) is 13.2. The van der Waals surface area contributed by atoms with Gasteiger partial charge in [-0.25, -0.2) is 9.97 Å². The Morgan fingerprint density at radius 1 is 0.759 bits per heavy atom. The summed E-state index contributed by atoms with van der Waals surface area (Å²) in [7, 11) is 0. The first-order valence-electron chi connectivity index (χ1n) is 8.51. The molecule has 29 heavy (non-hydrogen) atoms. The summed E-state index contributed by atoms with van der Waals surface area (Å²) in [5.41, 5.74) is 0. The van der Waals surface area contributed by atoms with Crippen LogP contribution in [0.2, 0.25) is 0 Å². The van der Waals surface area contributed by atoms with Crippen LogP contribution in [0.15, 0.2) is 48.8 Å². The molecule has 156 valence electrons. The molecule has 0 saturated heterocycles. The van der Waals surface area contributed by atoms with Crippen molar-refractivity contribution < 1.29 is 29.4 Å². The number of rotatable bonds is 6. The van der Waals surface area contributed by atoms with E-state index in [4.69, 9.17) is 10.2 Å². The third-order valence-electron chi connectivity index (χ3n) is 2.72. The van der Waals surface area contributed by atoms with Crippen LogP contribution >= 0.6 is 0 Å². The first-order chi connectivity index (χ1) is 13.7. The summed E-state index contributed by atoms with van der Waals surface area (Å²) in [5.74, 6) is -0.907. The van der Waals surface area contributed by atoms with Crippen molar-refractivity contribution in [3.63, 3.8) is 0 Å². The molecule has 0 aliphatic carbocycles. The summed E-state index contributed by atoms with van der Waals surface area (Å²) in [5, 5.41) is 21.2. The van der Waals surface area contributed by atoms with Gasteiger partial charge in [-0.2, -0.15) is 0 Å². The summed E-state index contributed by atoms with van der Waals surface area (Å²) in [6, 6.07) is 10.7. The van der Waals surface area contributed by atoms with Gasteiger partial charge in [-0.1, -0.05) is 12.1 Å². The molecule has 2 aromatic heterocycles. The molecule has 2 heterocycles. The van der Waals surface area contributed by atoms with E-state index in [9.17, 15) is 19.2 Å². The molecule has 0 bridgehead atoms. The molecule has 0 aromatic carbocycles. The topological polar surface area (TPSA) is 159 Å². The second kappa shape index (κ2) is 15.3. The largest absolute Gasteiger partial charge is 0.481 e. The number of amides is 2. The number of carboxylic acids is 2. The van der Waals surface area contributed by atoms with Crippen LogP contribution in [0.3, 0.4) is 0 Å². The van der Waals surface area contributed by atoms with Crippen molar-refractivity contribution in [2.45, 2.75) is 33.1 Å². The number of carboxylic acid groups (broad SMARTS) is 2. The third-order valence-corrected chi connectivity index (χ3v) is 2.72. The summed E-state index contributed by atoms with van der Waals surface area (Å²) >= 11 is 0. The van der Waals surface area contributed by atoms with E-state index in [0.717, 1.165) is 0 Å². The number of carbonyl (C=O) groups excluding carboxylic acids is 2. The number of nitrogens with zero attached hydrogens (tertiary/aromatic N) is 2. The van der Waals surface area contributed by atoms with E-state index in [1.54, 1.807) is 36.7 Å². The van der Waals surface area contributed by atoms with Gasteiger partial charge in [0.1, 0.15) is 11.6 Å². The molecular weight excluding hydrogens is 380 g/mol. The molecule has 0 unspecified atom stereocenters. The van der Waals surface area contributed by atoms with Gasteiger partial charge in [0, 0.05) is 39.1 Å². The molecule has 0 aliphatic heterocycles. The third kappa shape index (κ3) is 17.4. The highest BCUT2D eigenvalue weighted by Gasteiger charge is 1.99. The fourth-order valence-corrected chi connectivity index (χ4v) is 1.62. The lowest BCUT2D eigenvalue weighted by molar-refractivity contribution is -0.138. The predicted octanol–water partition coefficient (Wildman–Crippen LogP) is 2.41. The lowest BCUT2D eigenvalue weighted by Gasteiger charge is -1.96. The van der Waals surface area contributed by atoms with E-state index >= 15 is 0 Å². The van der Waals surface area contributed by atoms with Crippen molar-refractivity contribution in [2.75, 3.05) is 10.6 Å². The van der Waals surface area contributed by atoms with Crippen LogP contribution in [0.4, 0.5) is 11.6 Å². The van der Waals surface area contributed by atoms with Crippen molar-refractivity contribution in [3.05, 3.63) is 48.8 Å². The zero-order chi connectivity index (χ0) is 22.1. The van der Waals surface area contributed by atoms with Gasteiger partial charge < -0.3 is 20.8 Å². The quantitative estimate of drug-likeness (QED) is 0.571. The molecule has 0 saturated carbocycles. The number of hydrogen-bond donors (Lipinski definition) is 4. The average Bonchev–Trinajstić information content (AvgIpc) is 2.63. The highest BCUT2D eigenvalue weighted by atomic mass is 16.4. The monoisotopic (exact) mass is 404 g/mol. The van der Waals surface area contributed by atoms with Gasteiger partial charge >= 0.3 is 11.9 Å². The standard InChI is InChI=1S/2C7H8N2O.C5H8O4/c2*1-6(10)9-7-4-2-3-5-8-7;6-4(7)2-1-3-5(8)9/h2*2-5H,1H3,(H,8,9,10);1-3H2,(H,6,7)(H,8,9). The maximum absolute atomic E-state index is 10.5. The number of anilines is 2. The van der Waals surface area contributed by atoms with Crippen molar-refractivity contribution in [1.82, 2.24) is 9.97 Å². The van der Waals surface area contributed by atoms with Crippen LogP contribution in [0.25, 0.3) is 0 Å². The van der Waals surface area contributed by atoms with E-state index in [1.165, 1.54) is 13.8 Å². The van der Waals surface area contributed by atoms with Crippen molar-refractivity contribution in [2.24, 2.45) is 0 Å². The SMILES string of the molecule is CC(=O)Nc1ccccn1.CC(=O)Nc1ccccn1.O=C(O)CCCC(=O)O. The Hall–Kier alpha value is -3.82. The molecule has 10 heteroatoms. The Balaban J connectivity index is 0.000000407. The van der Waals surface area contributed by atoms with Crippen LogP contribution in [0.1, 0.15) is 33.1 Å². The van der Waals surface area contributed by atoms with Gasteiger partial charge in [0.25, 0.3) is 0 Å². The first kappa shape index (κ1) is 25.2. The van der Waals surface area contributed by atoms with Gasteiger partial charge in [0.2, 0.25) is 11.8 Å². The average molecular weight is 404 g/mol. The molecule has 0 fully saturated rings. The predicted molar refractivity (Wildman–Crippen MR) is 106 cm³/mol. The summed E-state index contributed by atoms with van der Waals surface area (Å²) in [4.78, 5) is 48.3. The summed E-state index contributed by atoms with van der Waals surface area (Å²) < 4.78 is 0. The summed E-state index contributed by atoms with van der Waals surface area (Å²) in [6.07, 6.45) is 3.35. The Morgan fingerprint density at radius 3 is 1.38 bits per heavy atom. The first-order valence-corrected chi connectivity index (χ1v) is 8.51. The molecule has 0 radical (unpaired) electrons. The minimum atomic E-state index is -0.948. The normalized spacial score (nSPS) is 8.90. The van der Waals surface area contributed by atoms with Gasteiger partial charge in [0.15, 0.2) is 0 Å². The van der Waals surface area contributed by atoms with Crippen LogP contribution in [0, 0.1) is 0 Å². The van der Waals surface area contributed by atoms with E-state index in [2.05, 4.69) is 20.6 Å². The minimum Gasteiger partial charge on any atom is -0.481 e. The number of aliphatic carboxylic acids is 2. The van der Waals surface area contributed by atoms with E-state index in [1.807, 2.05) is 12.1 Å². The molecule has 10 nitrogen and oxygen atoms in total. The zero-order valence-corrected chi connectivity index (χ0v) is 16.2. The second-order valence-corrected chi connectivity index (χ2v) is 5.43. The van der Waals surface area contributed by atoms with E-state index in [-0.39, 0.29) is 31.1 Å². The van der Waals surface area contributed by atoms with Crippen LogP contribution < -0.4 is 10.6 Å². The molecule has 0 spiro atoms. The lowest BCUT2D eigenvalue weighted by atomic mass is 10.2. The fraction of sp³-hybridized carbons (Fsp3) is 0.263. The van der Waals surface area contributed by atoms with E-state index in [0.29, 0.717) is 11.6 Å². The van der Waals surface area contributed by atoms with Crippen LogP contribution in [-0.4, -0.2) is 43.9 Å². The zero-order valence-electron chi connectivity index (χ0n) is 16.2. The molecular formula is C19H24N4O6. The van der Waals surface area contributed by atoms with Crippen molar-refractivity contribution in [1.29, 1.82) is 0 Å². The fourth-order valence-electron chi connectivity index (χ4n) is 1.62. The number of carbonyl (C=O) groups is 4. The molecule has 2 aromatic rings. The Labute approximate surface area is 168 Å². The molecule has 4 N–H and O–H groups in total. The number of aromatic nitrogens is 2. The molecule has 2 amide bonds. The van der Waals surface area contributed by atoms with Gasteiger partial charge in [-0.3, -0.25) is 19.2 Å². The summed E-state index contributed by atoms with van der Waals surface area (Å²) in [6.45, 7) is 2.91. The molecule has 0 aliphatic rings. The Morgan fingerprint density at radius 2 is 1.14 bits per heavy atom. The second-order valence-electron chi connectivity index (χ2n) is 5.43. The van der Waals surface area contributed by atoms with Gasteiger partial charge in [-0.05, 0) is 30.7 Å². The van der Waals surface area contributed by atoms with Crippen molar-refractivity contribution >= 4 is 35.4 Å². The number of hydrogen-bond acceptors (Lipinski definition) is 6. The maximum Gasteiger partial charge on any atom is 0.303 e.